The molecule has 1 amide bonds. The number of carbonyl (C=O) groups is 1. The number of nitrogens with zero attached hydrogens (tertiary/aromatic N) is 1. The second-order valence-corrected chi connectivity index (χ2v) is 7.68. The van der Waals surface area contributed by atoms with Gasteiger partial charge < -0.3 is 14.8 Å². The topological polar surface area (TPSA) is 59.9 Å². The first-order chi connectivity index (χ1) is 14.6. The molecule has 0 aromatic heterocycles. The maximum atomic E-state index is 12.2. The summed E-state index contributed by atoms with van der Waals surface area (Å²) in [6, 6.07) is 21.2. The summed E-state index contributed by atoms with van der Waals surface area (Å²) in [7, 11) is 1.58. The molecule has 0 unspecified atom stereocenters. The molecule has 0 aliphatic heterocycles. The molecule has 3 rings (SSSR count). The van der Waals surface area contributed by atoms with Crippen molar-refractivity contribution in [3.8, 4) is 11.5 Å². The van der Waals surface area contributed by atoms with Gasteiger partial charge in [0.15, 0.2) is 18.1 Å². The summed E-state index contributed by atoms with van der Waals surface area (Å²) in [5, 5.41) is 2.80. The molecule has 154 valence electrons. The van der Waals surface area contributed by atoms with E-state index >= 15 is 0 Å². The smallest absolute Gasteiger partial charge is 0.262 e. The molecule has 0 aliphatic rings. The molecule has 0 radical (unpaired) electrons. The number of nitrogens with one attached hydrogen (secondary N) is 1. The Labute approximate surface area is 190 Å². The summed E-state index contributed by atoms with van der Waals surface area (Å²) in [5.41, 5.74) is 3.78. The summed E-state index contributed by atoms with van der Waals surface area (Å²) in [4.78, 5) is 16.7. The van der Waals surface area contributed by atoms with Gasteiger partial charge in [-0.2, -0.15) is 0 Å². The highest BCUT2D eigenvalue weighted by atomic mass is 127. The second-order valence-electron chi connectivity index (χ2n) is 6.52. The third-order valence-corrected chi connectivity index (χ3v) is 5.17. The number of hydrogen-bond donors (Lipinski definition) is 1. The van der Waals surface area contributed by atoms with E-state index in [0.29, 0.717) is 11.5 Å². The predicted molar refractivity (Wildman–Crippen MR) is 129 cm³/mol. The number of para-hydroxylation sites is 1. The molecule has 0 fully saturated rings. The van der Waals surface area contributed by atoms with Gasteiger partial charge in [0.05, 0.1) is 16.4 Å². The lowest BCUT2D eigenvalue weighted by molar-refractivity contribution is -0.118. The van der Waals surface area contributed by atoms with Gasteiger partial charge in [-0.25, -0.2) is 0 Å². The fourth-order valence-corrected chi connectivity index (χ4v) is 3.56. The van der Waals surface area contributed by atoms with Crippen molar-refractivity contribution in [3.05, 3.63) is 81.4 Å². The van der Waals surface area contributed by atoms with Gasteiger partial charge in [0.2, 0.25) is 0 Å². The number of methoxy groups -OCH3 is 1. The Morgan fingerprint density at radius 3 is 2.50 bits per heavy atom. The molecule has 6 heteroatoms. The number of aryl methyl sites for hydroxylation is 1. The largest absolute Gasteiger partial charge is 0.493 e. The van der Waals surface area contributed by atoms with E-state index in [1.54, 1.807) is 13.3 Å². The van der Waals surface area contributed by atoms with Crippen molar-refractivity contribution in [1.82, 2.24) is 0 Å². The van der Waals surface area contributed by atoms with Crippen LogP contribution >= 0.6 is 22.6 Å². The number of hydrogen-bond acceptors (Lipinski definition) is 4. The van der Waals surface area contributed by atoms with Crippen LogP contribution in [0.3, 0.4) is 0 Å². The first-order valence-corrected chi connectivity index (χ1v) is 10.6. The maximum Gasteiger partial charge on any atom is 0.262 e. The molecule has 0 saturated heterocycles. The van der Waals surface area contributed by atoms with Crippen molar-refractivity contribution >= 4 is 46.1 Å². The zero-order valence-corrected chi connectivity index (χ0v) is 19.0. The predicted octanol–water partition coefficient (Wildman–Crippen LogP) is 5.63. The van der Waals surface area contributed by atoms with Crippen molar-refractivity contribution in [2.45, 2.75) is 13.3 Å². The zero-order valence-electron chi connectivity index (χ0n) is 16.9. The molecule has 0 bridgehead atoms. The van der Waals surface area contributed by atoms with Crippen molar-refractivity contribution < 1.29 is 14.3 Å². The number of ether oxygens (including phenoxy) is 2. The van der Waals surface area contributed by atoms with Gasteiger partial charge in [0, 0.05) is 11.9 Å². The Balaban J connectivity index is 1.68. The van der Waals surface area contributed by atoms with E-state index < -0.39 is 0 Å². The Bertz CT molecular complexity index is 1020. The number of carbonyl (C=O) groups excluding carboxylic acids is 1. The Hall–Kier alpha value is -2.87. The Morgan fingerprint density at radius 1 is 1.10 bits per heavy atom. The summed E-state index contributed by atoms with van der Waals surface area (Å²) < 4.78 is 12.1. The summed E-state index contributed by atoms with van der Waals surface area (Å²) in [6.45, 7) is 2.01. The minimum atomic E-state index is -0.236. The van der Waals surface area contributed by atoms with Crippen molar-refractivity contribution in [1.29, 1.82) is 0 Å². The quantitative estimate of drug-likeness (QED) is 0.313. The van der Waals surface area contributed by atoms with Gasteiger partial charge in [0.25, 0.3) is 5.91 Å². The average Bonchev–Trinajstić information content (AvgIpc) is 2.77. The number of benzene rings is 3. The van der Waals surface area contributed by atoms with E-state index in [1.165, 1.54) is 5.56 Å². The molecular formula is C24H23IN2O3. The molecular weight excluding hydrogens is 491 g/mol. The minimum absolute atomic E-state index is 0.113. The van der Waals surface area contributed by atoms with Crippen molar-refractivity contribution in [3.63, 3.8) is 0 Å². The van der Waals surface area contributed by atoms with Crippen molar-refractivity contribution in [2.75, 3.05) is 19.0 Å². The average molecular weight is 514 g/mol. The number of rotatable bonds is 8. The number of aliphatic imine (C=N–C) groups is 1. The van der Waals surface area contributed by atoms with Crippen LogP contribution in [0.2, 0.25) is 0 Å². The summed E-state index contributed by atoms with van der Waals surface area (Å²) in [6.07, 6.45) is 2.79. The molecule has 30 heavy (non-hydrogen) atoms. The molecule has 0 aliphatic carbocycles. The molecule has 3 aromatic rings. The number of amides is 1. The molecule has 1 N–H and O–H groups in total. The highest BCUT2D eigenvalue weighted by molar-refractivity contribution is 14.1. The summed E-state index contributed by atoms with van der Waals surface area (Å²) >= 11 is 2.17. The number of anilines is 1. The van der Waals surface area contributed by atoms with Crippen LogP contribution in [0.1, 0.15) is 18.1 Å². The standard InChI is InChI=1S/C24H23IN2O3/c1-3-17-9-11-19(12-10-17)26-15-18-13-21(25)24(22(14-18)29-2)30-16-23(28)27-20-7-5-4-6-8-20/h4-15H,3,16H2,1-2H3,(H,27,28). The Morgan fingerprint density at radius 2 is 1.83 bits per heavy atom. The molecule has 5 nitrogen and oxygen atoms in total. The monoisotopic (exact) mass is 514 g/mol. The first-order valence-electron chi connectivity index (χ1n) is 9.57. The maximum absolute atomic E-state index is 12.2. The fraction of sp³-hybridized carbons (Fsp3) is 0.167. The lowest BCUT2D eigenvalue weighted by Crippen LogP contribution is -2.20. The van der Waals surface area contributed by atoms with Gasteiger partial charge in [-0.05, 0) is 76.5 Å². The van der Waals surface area contributed by atoms with Gasteiger partial charge in [-0.1, -0.05) is 37.3 Å². The highest BCUT2D eigenvalue weighted by Crippen LogP contribution is 2.33. The first kappa shape index (κ1) is 21.8. The van der Waals surface area contributed by atoms with E-state index in [2.05, 4.69) is 52.0 Å². The van der Waals surface area contributed by atoms with E-state index in [-0.39, 0.29) is 12.5 Å². The third kappa shape index (κ3) is 6.06. The van der Waals surface area contributed by atoms with E-state index in [1.807, 2.05) is 54.6 Å². The van der Waals surface area contributed by atoms with E-state index in [4.69, 9.17) is 9.47 Å². The second kappa shape index (κ2) is 10.8. The van der Waals surface area contributed by atoms with Crippen LogP contribution in [0.15, 0.2) is 71.7 Å². The van der Waals surface area contributed by atoms with Crippen LogP contribution < -0.4 is 14.8 Å². The minimum Gasteiger partial charge on any atom is -0.493 e. The number of halogens is 1. The van der Waals surface area contributed by atoms with Gasteiger partial charge in [0.1, 0.15) is 0 Å². The van der Waals surface area contributed by atoms with Gasteiger partial charge in [-0.15, -0.1) is 0 Å². The normalized spacial score (nSPS) is 10.8. The molecule has 0 saturated carbocycles. The van der Waals surface area contributed by atoms with Crippen LogP contribution in [0.5, 0.6) is 11.5 Å². The van der Waals surface area contributed by atoms with Crippen LogP contribution in [-0.4, -0.2) is 25.8 Å². The fourth-order valence-electron chi connectivity index (χ4n) is 2.78. The highest BCUT2D eigenvalue weighted by Gasteiger charge is 2.13. The van der Waals surface area contributed by atoms with Gasteiger partial charge >= 0.3 is 0 Å². The molecule has 3 aromatic carbocycles. The summed E-state index contributed by atoms with van der Waals surface area (Å²) in [5.74, 6) is 0.850. The van der Waals surface area contributed by atoms with Crippen LogP contribution in [0, 0.1) is 3.57 Å². The molecule has 0 atom stereocenters. The van der Waals surface area contributed by atoms with E-state index in [0.717, 1.165) is 26.9 Å². The lowest BCUT2D eigenvalue weighted by Gasteiger charge is -2.13. The van der Waals surface area contributed by atoms with Crippen LogP contribution in [0.25, 0.3) is 0 Å². The Kier molecular flexibility index (Phi) is 7.84. The lowest BCUT2D eigenvalue weighted by atomic mass is 10.1. The van der Waals surface area contributed by atoms with E-state index in [9.17, 15) is 4.79 Å². The molecule has 0 heterocycles. The zero-order chi connectivity index (χ0) is 21.3. The van der Waals surface area contributed by atoms with Crippen molar-refractivity contribution in [2.24, 2.45) is 4.99 Å². The molecule has 0 spiro atoms. The SMILES string of the molecule is CCc1ccc(N=Cc2cc(I)c(OCC(=O)Nc3ccccc3)c(OC)c2)cc1. The third-order valence-electron chi connectivity index (χ3n) is 4.36. The van der Waals surface area contributed by atoms with Crippen LogP contribution in [-0.2, 0) is 11.2 Å². The van der Waals surface area contributed by atoms with Gasteiger partial charge in [-0.3, -0.25) is 9.79 Å². The van der Waals surface area contributed by atoms with Crippen LogP contribution in [0.4, 0.5) is 11.4 Å².